The fourth-order valence-corrected chi connectivity index (χ4v) is 4.22. The number of rotatable bonds is 1. The van der Waals surface area contributed by atoms with Crippen molar-refractivity contribution in [1.29, 1.82) is 0 Å². The van der Waals surface area contributed by atoms with E-state index in [1.54, 1.807) is 6.07 Å². The summed E-state index contributed by atoms with van der Waals surface area (Å²) >= 11 is 0. The zero-order valence-corrected chi connectivity index (χ0v) is 10.7. The van der Waals surface area contributed by atoms with Crippen LogP contribution in [-0.4, -0.2) is 20.2 Å². The van der Waals surface area contributed by atoms with Gasteiger partial charge in [-0.15, -0.1) is 0 Å². The Balaban J connectivity index is 2.68. The van der Waals surface area contributed by atoms with E-state index in [0.717, 1.165) is 16.8 Å². The van der Waals surface area contributed by atoms with Crippen molar-refractivity contribution in [3.63, 3.8) is 0 Å². The third-order valence-corrected chi connectivity index (χ3v) is 5.46. The summed E-state index contributed by atoms with van der Waals surface area (Å²) in [6.07, 6.45) is 0.655. The minimum atomic E-state index is -3.14. The summed E-state index contributed by atoms with van der Waals surface area (Å²) in [5.74, 6) is 0. The molecule has 1 aromatic rings. The maximum Gasteiger partial charge on any atom is 0.185 e. The van der Waals surface area contributed by atoms with Crippen LogP contribution in [0, 0.1) is 13.8 Å². The molecule has 0 spiro atoms. The molecule has 1 aliphatic heterocycles. The molecule has 0 bridgehead atoms. The zero-order valence-electron chi connectivity index (χ0n) is 9.87. The first kappa shape index (κ1) is 11.5. The third kappa shape index (κ3) is 1.61. The lowest BCUT2D eigenvalue weighted by Crippen LogP contribution is -2.34. The molecular formula is C12H17NO2S. The molecule has 16 heavy (non-hydrogen) atoms. The summed E-state index contributed by atoms with van der Waals surface area (Å²) in [7, 11) is -3.14. The molecular weight excluding hydrogens is 222 g/mol. The Bertz CT molecular complexity index is 520. The van der Waals surface area contributed by atoms with E-state index in [9.17, 15) is 8.42 Å². The van der Waals surface area contributed by atoms with Crippen LogP contribution >= 0.6 is 0 Å². The summed E-state index contributed by atoms with van der Waals surface area (Å²) in [6.45, 7) is 6.31. The van der Waals surface area contributed by atoms with Crippen LogP contribution in [0.4, 0.5) is 5.69 Å². The molecule has 0 aliphatic carbocycles. The van der Waals surface area contributed by atoms with Gasteiger partial charge < -0.3 is 5.32 Å². The molecule has 3 nitrogen and oxygen atoms in total. The van der Waals surface area contributed by atoms with E-state index in [2.05, 4.69) is 5.32 Å². The summed E-state index contributed by atoms with van der Waals surface area (Å²) < 4.78 is 24.6. The Kier molecular flexibility index (Phi) is 2.70. The predicted octanol–water partition coefficient (Wildman–Crippen LogP) is 2.28. The lowest BCUT2D eigenvalue weighted by molar-refractivity contribution is 0.574. The number of nitrogens with one attached hydrogen (secondary N) is 1. The van der Waals surface area contributed by atoms with Crippen molar-refractivity contribution in [3.8, 4) is 0 Å². The highest BCUT2D eigenvalue weighted by Crippen LogP contribution is 2.34. The molecule has 88 valence electrons. The normalized spacial score (nSPS) is 22.3. The van der Waals surface area contributed by atoms with Gasteiger partial charge >= 0.3 is 0 Å². The molecule has 0 saturated carbocycles. The van der Waals surface area contributed by atoms with Crippen LogP contribution < -0.4 is 5.32 Å². The van der Waals surface area contributed by atoms with E-state index in [-0.39, 0.29) is 5.25 Å². The average Bonchev–Trinajstić information content (AvgIpc) is 2.19. The van der Waals surface area contributed by atoms with Gasteiger partial charge in [0.2, 0.25) is 0 Å². The average molecular weight is 239 g/mol. The maximum absolute atomic E-state index is 12.3. The molecule has 4 heteroatoms. The molecule has 1 aromatic carbocycles. The molecule has 1 N–H and O–H groups in total. The minimum absolute atomic E-state index is 0.291. The van der Waals surface area contributed by atoms with Gasteiger partial charge in [-0.3, -0.25) is 0 Å². The van der Waals surface area contributed by atoms with Crippen LogP contribution in [0.2, 0.25) is 0 Å². The van der Waals surface area contributed by atoms with Crippen molar-refractivity contribution in [2.75, 3.05) is 11.9 Å². The Morgan fingerprint density at radius 2 is 2.06 bits per heavy atom. The van der Waals surface area contributed by atoms with Crippen LogP contribution in [0.1, 0.15) is 24.5 Å². The molecule has 0 amide bonds. The summed E-state index contributed by atoms with van der Waals surface area (Å²) in [5.41, 5.74) is 2.79. The smallest absolute Gasteiger partial charge is 0.185 e. The van der Waals surface area contributed by atoms with Gasteiger partial charge in [-0.1, -0.05) is 13.0 Å². The van der Waals surface area contributed by atoms with Gasteiger partial charge in [0.1, 0.15) is 0 Å². The number of aryl methyl sites for hydroxylation is 2. The molecule has 0 radical (unpaired) electrons. The van der Waals surface area contributed by atoms with Crippen molar-refractivity contribution in [1.82, 2.24) is 0 Å². The highest BCUT2D eigenvalue weighted by atomic mass is 32.2. The lowest BCUT2D eigenvalue weighted by atomic mass is 10.1. The number of fused-ring (bicyclic) bond motifs is 1. The zero-order chi connectivity index (χ0) is 11.9. The second-order valence-corrected chi connectivity index (χ2v) is 6.61. The Hall–Kier alpha value is -1.03. The number of hydrogen-bond donors (Lipinski definition) is 1. The van der Waals surface area contributed by atoms with Crippen LogP contribution in [0.5, 0.6) is 0 Å². The largest absolute Gasteiger partial charge is 0.382 e. The quantitative estimate of drug-likeness (QED) is 0.818. The summed E-state index contributed by atoms with van der Waals surface area (Å²) in [6, 6.07) is 3.78. The molecule has 2 rings (SSSR count). The SMILES string of the molecule is CCC1CNc2c(C)cc(C)cc2S1(=O)=O. The van der Waals surface area contributed by atoms with Crippen LogP contribution in [-0.2, 0) is 9.84 Å². The Labute approximate surface area is 96.8 Å². The first-order chi connectivity index (χ1) is 7.46. The van der Waals surface area contributed by atoms with Gasteiger partial charge in [0.05, 0.1) is 15.8 Å². The number of anilines is 1. The predicted molar refractivity (Wildman–Crippen MR) is 65.7 cm³/mol. The molecule has 1 atom stereocenters. The first-order valence-corrected chi connectivity index (χ1v) is 7.10. The van der Waals surface area contributed by atoms with E-state index >= 15 is 0 Å². The number of benzene rings is 1. The molecule has 1 aliphatic rings. The van der Waals surface area contributed by atoms with Crippen LogP contribution in [0.3, 0.4) is 0 Å². The van der Waals surface area contributed by atoms with Gasteiger partial charge in [-0.25, -0.2) is 8.42 Å². The lowest BCUT2D eigenvalue weighted by Gasteiger charge is -2.27. The second-order valence-electron chi connectivity index (χ2n) is 4.41. The van der Waals surface area contributed by atoms with E-state index in [4.69, 9.17) is 0 Å². The number of sulfone groups is 1. The minimum Gasteiger partial charge on any atom is -0.382 e. The van der Waals surface area contributed by atoms with Gasteiger partial charge in [-0.05, 0) is 37.5 Å². The highest BCUT2D eigenvalue weighted by Gasteiger charge is 2.33. The Morgan fingerprint density at radius 3 is 2.69 bits per heavy atom. The van der Waals surface area contributed by atoms with E-state index in [1.165, 1.54) is 0 Å². The van der Waals surface area contributed by atoms with Gasteiger partial charge in [0, 0.05) is 6.54 Å². The topological polar surface area (TPSA) is 46.2 Å². The Morgan fingerprint density at radius 1 is 1.38 bits per heavy atom. The van der Waals surface area contributed by atoms with Crippen LogP contribution in [0.15, 0.2) is 17.0 Å². The fraction of sp³-hybridized carbons (Fsp3) is 0.500. The van der Waals surface area contributed by atoms with Gasteiger partial charge in [0.15, 0.2) is 9.84 Å². The molecule has 0 aromatic heterocycles. The van der Waals surface area contributed by atoms with E-state index in [0.29, 0.717) is 17.9 Å². The van der Waals surface area contributed by atoms with Crippen molar-refractivity contribution in [2.45, 2.75) is 37.3 Å². The highest BCUT2D eigenvalue weighted by molar-refractivity contribution is 7.92. The number of hydrogen-bond acceptors (Lipinski definition) is 3. The molecule has 0 saturated heterocycles. The van der Waals surface area contributed by atoms with E-state index < -0.39 is 9.84 Å². The van der Waals surface area contributed by atoms with Crippen LogP contribution in [0.25, 0.3) is 0 Å². The molecule has 1 heterocycles. The maximum atomic E-state index is 12.3. The second kappa shape index (κ2) is 3.77. The fourth-order valence-electron chi connectivity index (χ4n) is 2.25. The first-order valence-electron chi connectivity index (χ1n) is 5.56. The van der Waals surface area contributed by atoms with Crippen molar-refractivity contribution >= 4 is 15.5 Å². The molecule has 0 fully saturated rings. The van der Waals surface area contributed by atoms with Gasteiger partial charge in [0.25, 0.3) is 0 Å². The summed E-state index contributed by atoms with van der Waals surface area (Å²) in [5, 5.41) is 2.95. The van der Waals surface area contributed by atoms with Crippen molar-refractivity contribution in [2.24, 2.45) is 0 Å². The molecule has 1 unspecified atom stereocenters. The van der Waals surface area contributed by atoms with Crippen molar-refractivity contribution < 1.29 is 8.42 Å². The van der Waals surface area contributed by atoms with Gasteiger partial charge in [-0.2, -0.15) is 0 Å². The summed E-state index contributed by atoms with van der Waals surface area (Å²) in [4.78, 5) is 0.475. The van der Waals surface area contributed by atoms with Crippen molar-refractivity contribution in [3.05, 3.63) is 23.3 Å². The standard InChI is InChI=1S/C12H17NO2S/c1-4-10-7-13-12-9(3)5-8(2)6-11(12)16(10,14)15/h5-6,10,13H,4,7H2,1-3H3. The van der Waals surface area contributed by atoms with E-state index in [1.807, 2.05) is 26.8 Å². The third-order valence-electron chi connectivity index (χ3n) is 3.15. The monoisotopic (exact) mass is 239 g/mol.